The Balaban J connectivity index is 1.56. The first-order chi connectivity index (χ1) is 12.7. The van der Waals surface area contributed by atoms with Crippen molar-refractivity contribution in [2.75, 3.05) is 11.1 Å². The summed E-state index contributed by atoms with van der Waals surface area (Å²) in [5.74, 6) is 1.99. The number of thioether (sulfide) groups is 1. The van der Waals surface area contributed by atoms with Crippen molar-refractivity contribution in [2.24, 2.45) is 5.92 Å². The second kappa shape index (κ2) is 9.06. The number of benzene rings is 2. The van der Waals surface area contributed by atoms with Gasteiger partial charge in [0, 0.05) is 40.7 Å². The molecule has 0 bridgehead atoms. The van der Waals surface area contributed by atoms with E-state index in [0.717, 1.165) is 11.4 Å². The lowest BCUT2D eigenvalue weighted by atomic mass is 10.2. The fourth-order valence-electron chi connectivity index (χ4n) is 2.26. The van der Waals surface area contributed by atoms with Gasteiger partial charge in [0.05, 0.1) is 0 Å². The molecule has 26 heavy (non-hydrogen) atoms. The molecule has 1 atom stereocenters. The Morgan fingerprint density at radius 1 is 1.04 bits per heavy atom. The van der Waals surface area contributed by atoms with Crippen LogP contribution in [0.2, 0.25) is 0 Å². The van der Waals surface area contributed by atoms with Crippen molar-refractivity contribution in [3.8, 4) is 11.5 Å². The number of carbonyl (C=O) groups is 1. The van der Waals surface area contributed by atoms with Gasteiger partial charge in [-0.25, -0.2) is 0 Å². The van der Waals surface area contributed by atoms with Gasteiger partial charge < -0.3 is 10.1 Å². The molecule has 4 nitrogen and oxygen atoms in total. The lowest BCUT2D eigenvalue weighted by molar-refractivity contribution is -0.118. The minimum absolute atomic E-state index is 0.00510. The quantitative estimate of drug-likeness (QED) is 0.583. The van der Waals surface area contributed by atoms with Crippen LogP contribution in [0.1, 0.15) is 6.92 Å². The number of ether oxygens (including phenoxy) is 1. The van der Waals surface area contributed by atoms with Gasteiger partial charge in [0.25, 0.3) is 0 Å². The summed E-state index contributed by atoms with van der Waals surface area (Å²) in [6.45, 7) is 1.93. The van der Waals surface area contributed by atoms with E-state index >= 15 is 0 Å². The van der Waals surface area contributed by atoms with Crippen molar-refractivity contribution in [1.82, 2.24) is 4.98 Å². The minimum atomic E-state index is -0.107. The van der Waals surface area contributed by atoms with E-state index in [4.69, 9.17) is 4.74 Å². The Morgan fingerprint density at radius 2 is 1.81 bits per heavy atom. The monoisotopic (exact) mass is 364 g/mol. The molecule has 2 aromatic carbocycles. The lowest BCUT2D eigenvalue weighted by Gasteiger charge is -2.13. The summed E-state index contributed by atoms with van der Waals surface area (Å²) in [4.78, 5) is 17.6. The summed E-state index contributed by atoms with van der Waals surface area (Å²) in [5.41, 5.74) is 0.720. The van der Waals surface area contributed by atoms with Crippen LogP contribution in [0.3, 0.4) is 0 Å². The van der Waals surface area contributed by atoms with Gasteiger partial charge >= 0.3 is 0 Å². The first kappa shape index (κ1) is 18.0. The molecule has 0 saturated carbocycles. The number of rotatable bonds is 7. The Labute approximate surface area is 157 Å². The van der Waals surface area contributed by atoms with Gasteiger partial charge in [0.1, 0.15) is 11.5 Å². The van der Waals surface area contributed by atoms with Crippen LogP contribution in [-0.2, 0) is 4.79 Å². The van der Waals surface area contributed by atoms with Gasteiger partial charge in [-0.2, -0.15) is 0 Å². The van der Waals surface area contributed by atoms with Gasteiger partial charge in [-0.3, -0.25) is 9.78 Å². The van der Waals surface area contributed by atoms with E-state index in [1.807, 2.05) is 49.4 Å². The summed E-state index contributed by atoms with van der Waals surface area (Å²) in [7, 11) is 0. The second-order valence-corrected chi connectivity index (χ2v) is 6.92. The topological polar surface area (TPSA) is 51.2 Å². The smallest absolute Gasteiger partial charge is 0.228 e. The van der Waals surface area contributed by atoms with Crippen LogP contribution >= 0.6 is 11.8 Å². The predicted octanol–water partition coefficient (Wildman–Crippen LogP) is 5.24. The zero-order valence-electron chi connectivity index (χ0n) is 14.5. The van der Waals surface area contributed by atoms with Gasteiger partial charge in [0.2, 0.25) is 5.91 Å². The number of amides is 1. The van der Waals surface area contributed by atoms with Crippen LogP contribution in [0.4, 0.5) is 5.69 Å². The number of anilines is 1. The molecule has 0 saturated heterocycles. The fourth-order valence-corrected chi connectivity index (χ4v) is 3.20. The molecule has 3 rings (SSSR count). The van der Waals surface area contributed by atoms with E-state index < -0.39 is 0 Å². The highest BCUT2D eigenvalue weighted by Crippen LogP contribution is 2.25. The van der Waals surface area contributed by atoms with E-state index in [-0.39, 0.29) is 11.8 Å². The molecule has 3 aromatic rings. The van der Waals surface area contributed by atoms with Crippen LogP contribution in [0.15, 0.2) is 84.0 Å². The molecule has 0 fully saturated rings. The van der Waals surface area contributed by atoms with Gasteiger partial charge in [0.15, 0.2) is 0 Å². The molecule has 0 spiro atoms. The van der Waals surface area contributed by atoms with Crippen LogP contribution < -0.4 is 10.1 Å². The molecule has 0 aliphatic rings. The lowest BCUT2D eigenvalue weighted by Crippen LogP contribution is -2.22. The van der Waals surface area contributed by atoms with Crippen LogP contribution in [0.25, 0.3) is 0 Å². The Hall–Kier alpha value is -2.79. The Bertz CT molecular complexity index is 841. The summed E-state index contributed by atoms with van der Waals surface area (Å²) in [6.07, 6.45) is 3.35. The molecule has 0 aliphatic heterocycles. The Morgan fingerprint density at radius 3 is 2.58 bits per heavy atom. The van der Waals surface area contributed by atoms with Crippen molar-refractivity contribution in [3.63, 3.8) is 0 Å². The van der Waals surface area contributed by atoms with E-state index in [9.17, 15) is 4.79 Å². The molecule has 5 heteroatoms. The van der Waals surface area contributed by atoms with Gasteiger partial charge in [-0.15, -0.1) is 11.8 Å². The first-order valence-electron chi connectivity index (χ1n) is 8.37. The van der Waals surface area contributed by atoms with Crippen molar-refractivity contribution in [2.45, 2.75) is 11.8 Å². The molecule has 1 amide bonds. The van der Waals surface area contributed by atoms with E-state index in [0.29, 0.717) is 11.5 Å². The molecular weight excluding hydrogens is 344 g/mol. The SMILES string of the molecule is CC(CSc1ccccc1)C(=O)Nc1cccc(Oc2ccncc2)c1. The van der Waals surface area contributed by atoms with Crippen molar-refractivity contribution in [3.05, 3.63) is 79.1 Å². The number of nitrogens with one attached hydrogen (secondary N) is 1. The number of aromatic nitrogens is 1. The van der Waals surface area contributed by atoms with Gasteiger partial charge in [-0.05, 0) is 36.4 Å². The highest BCUT2D eigenvalue weighted by Gasteiger charge is 2.14. The van der Waals surface area contributed by atoms with Crippen molar-refractivity contribution < 1.29 is 9.53 Å². The number of hydrogen-bond acceptors (Lipinski definition) is 4. The molecule has 0 aliphatic carbocycles. The average molecular weight is 364 g/mol. The third-order valence-electron chi connectivity index (χ3n) is 3.68. The van der Waals surface area contributed by atoms with Crippen LogP contribution in [0, 0.1) is 5.92 Å². The number of nitrogens with zero attached hydrogens (tertiary/aromatic N) is 1. The number of hydrogen-bond donors (Lipinski definition) is 1. The third-order valence-corrected chi connectivity index (χ3v) is 4.95. The normalized spacial score (nSPS) is 11.6. The predicted molar refractivity (Wildman–Crippen MR) is 106 cm³/mol. The summed E-state index contributed by atoms with van der Waals surface area (Å²) < 4.78 is 5.77. The van der Waals surface area contributed by atoms with Crippen LogP contribution in [-0.4, -0.2) is 16.6 Å². The van der Waals surface area contributed by atoms with E-state index in [1.165, 1.54) is 4.90 Å². The summed E-state index contributed by atoms with van der Waals surface area (Å²) in [5, 5.41) is 2.96. The zero-order chi connectivity index (χ0) is 18.2. The number of pyridine rings is 1. The highest BCUT2D eigenvalue weighted by molar-refractivity contribution is 7.99. The minimum Gasteiger partial charge on any atom is -0.457 e. The van der Waals surface area contributed by atoms with E-state index in [1.54, 1.807) is 36.3 Å². The zero-order valence-corrected chi connectivity index (χ0v) is 15.3. The molecule has 132 valence electrons. The third kappa shape index (κ3) is 5.36. The standard InChI is InChI=1S/C21H20N2O2S/c1-16(15-26-20-8-3-2-4-9-20)21(24)23-17-6-5-7-19(14-17)25-18-10-12-22-13-11-18/h2-14,16H,15H2,1H3,(H,23,24). The molecular formula is C21H20N2O2S. The summed E-state index contributed by atoms with van der Waals surface area (Å²) in [6, 6.07) is 21.0. The second-order valence-electron chi connectivity index (χ2n) is 5.83. The van der Waals surface area contributed by atoms with Crippen molar-refractivity contribution in [1.29, 1.82) is 0 Å². The summed E-state index contributed by atoms with van der Waals surface area (Å²) >= 11 is 1.68. The van der Waals surface area contributed by atoms with Crippen molar-refractivity contribution >= 4 is 23.4 Å². The highest BCUT2D eigenvalue weighted by atomic mass is 32.2. The molecule has 1 aromatic heterocycles. The molecule has 1 heterocycles. The molecule has 1 unspecified atom stereocenters. The Kier molecular flexibility index (Phi) is 6.28. The maximum atomic E-state index is 12.4. The van der Waals surface area contributed by atoms with Crippen LogP contribution in [0.5, 0.6) is 11.5 Å². The molecule has 0 radical (unpaired) electrons. The average Bonchev–Trinajstić information content (AvgIpc) is 2.68. The van der Waals surface area contributed by atoms with E-state index in [2.05, 4.69) is 22.4 Å². The molecule has 1 N–H and O–H groups in total. The maximum absolute atomic E-state index is 12.4. The fraction of sp³-hybridized carbons (Fsp3) is 0.143. The van der Waals surface area contributed by atoms with Gasteiger partial charge in [-0.1, -0.05) is 31.2 Å². The maximum Gasteiger partial charge on any atom is 0.228 e. The largest absolute Gasteiger partial charge is 0.457 e. The first-order valence-corrected chi connectivity index (χ1v) is 9.36. The number of carbonyl (C=O) groups excluding carboxylic acids is 1.